The van der Waals surface area contributed by atoms with Gasteiger partial charge in [0.05, 0.1) is 12.7 Å². The third kappa shape index (κ3) is 9.21. The summed E-state index contributed by atoms with van der Waals surface area (Å²) in [4.78, 5) is 42.4. The molecule has 3 aromatic rings. The molecule has 2 aromatic carbocycles. The second-order valence-corrected chi connectivity index (χ2v) is 10.7. The van der Waals surface area contributed by atoms with Crippen LogP contribution in [0.4, 0.5) is 13.6 Å². The number of amides is 1. The van der Waals surface area contributed by atoms with Gasteiger partial charge in [0.25, 0.3) is 0 Å². The van der Waals surface area contributed by atoms with E-state index in [2.05, 4.69) is 14.8 Å². The van der Waals surface area contributed by atoms with Crippen LogP contribution in [0.2, 0.25) is 5.02 Å². The molecule has 0 bridgehead atoms. The van der Waals surface area contributed by atoms with Gasteiger partial charge in [-0.2, -0.15) is 0 Å². The highest BCUT2D eigenvalue weighted by Gasteiger charge is 2.38. The summed E-state index contributed by atoms with van der Waals surface area (Å²) in [5.74, 6) is -3.00. The van der Waals surface area contributed by atoms with Crippen molar-refractivity contribution in [1.29, 1.82) is 0 Å². The Balaban J connectivity index is 0.000000458. The maximum absolute atomic E-state index is 13.2. The summed E-state index contributed by atoms with van der Waals surface area (Å²) in [7, 11) is -4.86. The maximum Gasteiger partial charge on any atom is 0.508 e. The van der Waals surface area contributed by atoms with Crippen molar-refractivity contribution in [3.8, 4) is 0 Å². The van der Waals surface area contributed by atoms with Gasteiger partial charge in [-0.05, 0) is 79.1 Å². The molecule has 1 unspecified atom stereocenters. The van der Waals surface area contributed by atoms with Crippen molar-refractivity contribution in [3.05, 3.63) is 75.8 Å². The highest BCUT2D eigenvalue weighted by atomic mass is 35.5. The Hall–Kier alpha value is -2.82. The Morgan fingerprint density at radius 2 is 1.86 bits per heavy atom. The zero-order valence-electron chi connectivity index (χ0n) is 20.0. The molecule has 0 aliphatic rings. The van der Waals surface area contributed by atoms with Crippen LogP contribution < -0.4 is 5.32 Å². The first-order chi connectivity index (χ1) is 17.3. The van der Waals surface area contributed by atoms with E-state index in [1.165, 1.54) is 34.9 Å². The van der Waals surface area contributed by atoms with Crippen LogP contribution in [-0.4, -0.2) is 34.6 Å². The minimum atomic E-state index is -4.86. The molecule has 1 aromatic heterocycles. The summed E-state index contributed by atoms with van der Waals surface area (Å²) < 4.78 is 48.0. The van der Waals surface area contributed by atoms with Gasteiger partial charge >= 0.3 is 13.8 Å². The van der Waals surface area contributed by atoms with Gasteiger partial charge in [0, 0.05) is 15.9 Å². The van der Waals surface area contributed by atoms with Crippen molar-refractivity contribution in [2.45, 2.75) is 32.5 Å². The third-order valence-electron chi connectivity index (χ3n) is 4.48. The van der Waals surface area contributed by atoms with Crippen LogP contribution >= 0.6 is 30.5 Å². The van der Waals surface area contributed by atoms with Crippen molar-refractivity contribution < 1.29 is 42.2 Å². The Bertz CT molecular complexity index is 1330. The SMILES string of the molecule is CCOC(=O)OC(C)C.O=C(N/C=C/c1ccc(F)c(F)c1)C(c1csc2ccc(Cl)cc12)P(=O)(O)O. The molecule has 0 saturated heterocycles. The predicted molar refractivity (Wildman–Crippen MR) is 138 cm³/mol. The lowest BCUT2D eigenvalue weighted by atomic mass is 10.1. The number of rotatable bonds is 7. The number of halogens is 3. The third-order valence-corrected chi connectivity index (χ3v) is 6.89. The number of hydrogen-bond acceptors (Lipinski definition) is 6. The van der Waals surface area contributed by atoms with Crippen LogP contribution in [0.1, 0.15) is 37.6 Å². The molecule has 37 heavy (non-hydrogen) atoms. The number of carbonyl (C=O) groups is 2. The van der Waals surface area contributed by atoms with E-state index in [0.717, 1.165) is 23.0 Å². The van der Waals surface area contributed by atoms with Gasteiger partial charge in [-0.15, -0.1) is 11.3 Å². The van der Waals surface area contributed by atoms with Gasteiger partial charge in [0.15, 0.2) is 17.3 Å². The van der Waals surface area contributed by atoms with Gasteiger partial charge < -0.3 is 24.6 Å². The largest absolute Gasteiger partial charge is 0.508 e. The number of benzene rings is 2. The van der Waals surface area contributed by atoms with E-state index in [0.29, 0.717) is 17.0 Å². The summed E-state index contributed by atoms with van der Waals surface area (Å²) in [6.45, 7) is 5.65. The summed E-state index contributed by atoms with van der Waals surface area (Å²) >= 11 is 7.19. The van der Waals surface area contributed by atoms with Crippen molar-refractivity contribution in [2.24, 2.45) is 0 Å². The van der Waals surface area contributed by atoms with E-state index >= 15 is 0 Å². The molecule has 13 heteroatoms. The highest BCUT2D eigenvalue weighted by molar-refractivity contribution is 7.53. The number of thiophene rings is 1. The van der Waals surface area contributed by atoms with E-state index in [4.69, 9.17) is 11.6 Å². The van der Waals surface area contributed by atoms with E-state index in [9.17, 15) is 32.7 Å². The maximum atomic E-state index is 13.2. The molecule has 200 valence electrons. The van der Waals surface area contributed by atoms with E-state index < -0.39 is 37.0 Å². The first kappa shape index (κ1) is 30.4. The Labute approximate surface area is 221 Å². The van der Waals surface area contributed by atoms with Gasteiger partial charge in [-0.1, -0.05) is 17.7 Å². The second kappa shape index (κ2) is 13.6. The van der Waals surface area contributed by atoms with E-state index in [-0.39, 0.29) is 17.2 Å². The molecule has 0 saturated carbocycles. The molecular formula is C24H25ClF2NO7PS. The predicted octanol–water partition coefficient (Wildman–Crippen LogP) is 6.41. The molecule has 3 N–H and O–H groups in total. The second-order valence-electron chi connectivity index (χ2n) is 7.69. The van der Waals surface area contributed by atoms with Crippen LogP contribution in [-0.2, 0) is 18.8 Å². The van der Waals surface area contributed by atoms with Crippen molar-refractivity contribution >= 4 is 58.8 Å². The summed E-state index contributed by atoms with van der Waals surface area (Å²) in [5.41, 5.74) is -1.32. The number of carbonyl (C=O) groups excluding carboxylic acids is 2. The molecule has 3 rings (SSSR count). The topological polar surface area (TPSA) is 122 Å². The first-order valence-electron chi connectivity index (χ1n) is 10.8. The molecule has 0 aliphatic carbocycles. The van der Waals surface area contributed by atoms with Crippen LogP contribution in [0.3, 0.4) is 0 Å². The fourth-order valence-electron chi connectivity index (χ4n) is 2.97. The average Bonchev–Trinajstić information content (AvgIpc) is 3.18. The van der Waals surface area contributed by atoms with Crippen LogP contribution in [0.25, 0.3) is 16.2 Å². The average molecular weight is 576 g/mol. The highest BCUT2D eigenvalue weighted by Crippen LogP contribution is 2.54. The standard InChI is InChI=1S/C18H13ClF2NO4PS.C6H12O3/c19-11-2-4-16-12(8-11)13(9-28-16)17(27(24,25)26)18(23)22-6-5-10-1-3-14(20)15(21)7-10;1-4-8-6(7)9-5(2)3/h1-9,17H,(H,22,23)(H2,24,25,26);5H,4H2,1-3H3/b6-5+;. The zero-order valence-corrected chi connectivity index (χ0v) is 22.4. The monoisotopic (exact) mass is 575 g/mol. The van der Waals surface area contributed by atoms with Crippen molar-refractivity contribution in [2.75, 3.05) is 6.61 Å². The first-order valence-corrected chi connectivity index (χ1v) is 13.7. The molecule has 1 heterocycles. The van der Waals surface area contributed by atoms with Gasteiger partial charge in [-0.25, -0.2) is 13.6 Å². The minimum Gasteiger partial charge on any atom is -0.435 e. The van der Waals surface area contributed by atoms with Crippen LogP contribution in [0, 0.1) is 11.6 Å². The molecule has 0 aliphatic heterocycles. The molecule has 0 radical (unpaired) electrons. The van der Waals surface area contributed by atoms with Crippen molar-refractivity contribution in [3.63, 3.8) is 0 Å². The van der Waals surface area contributed by atoms with Gasteiger partial charge in [-0.3, -0.25) is 9.36 Å². The molecule has 0 fully saturated rings. The van der Waals surface area contributed by atoms with E-state index in [1.807, 2.05) is 0 Å². The lowest BCUT2D eigenvalue weighted by molar-refractivity contribution is -0.120. The molecular weight excluding hydrogens is 551 g/mol. The van der Waals surface area contributed by atoms with Gasteiger partial charge in [0.1, 0.15) is 0 Å². The normalized spacial score (nSPS) is 12.2. The summed E-state index contributed by atoms with van der Waals surface area (Å²) in [6, 6.07) is 8.01. The Morgan fingerprint density at radius 3 is 2.46 bits per heavy atom. The molecule has 1 amide bonds. The van der Waals surface area contributed by atoms with Crippen molar-refractivity contribution in [1.82, 2.24) is 5.32 Å². The fraction of sp³-hybridized carbons (Fsp3) is 0.250. The zero-order chi connectivity index (χ0) is 27.8. The molecule has 0 spiro atoms. The smallest absolute Gasteiger partial charge is 0.435 e. The quantitative estimate of drug-likeness (QED) is 0.220. The number of ether oxygens (including phenoxy) is 2. The van der Waals surface area contributed by atoms with Crippen LogP contribution in [0.5, 0.6) is 0 Å². The number of nitrogens with one attached hydrogen (secondary N) is 1. The lowest BCUT2D eigenvalue weighted by Crippen LogP contribution is -2.25. The molecule has 8 nitrogen and oxygen atoms in total. The number of hydrogen-bond donors (Lipinski definition) is 3. The summed E-state index contributed by atoms with van der Waals surface area (Å²) in [6.07, 6.45) is 1.70. The number of fused-ring (bicyclic) bond motifs is 1. The van der Waals surface area contributed by atoms with E-state index in [1.54, 1.807) is 32.9 Å². The Morgan fingerprint density at radius 1 is 1.16 bits per heavy atom. The summed E-state index contributed by atoms with van der Waals surface area (Å²) in [5, 5.41) is 4.63. The lowest BCUT2D eigenvalue weighted by Gasteiger charge is -2.16. The van der Waals surface area contributed by atoms with Crippen LogP contribution in [0.15, 0.2) is 48.0 Å². The Kier molecular flexibility index (Phi) is 11.2. The molecule has 1 atom stereocenters. The van der Waals surface area contributed by atoms with Gasteiger partial charge in [0.2, 0.25) is 5.91 Å². The minimum absolute atomic E-state index is 0.0935. The fourth-order valence-corrected chi connectivity index (χ4v) is 5.16.